The highest BCUT2D eigenvalue weighted by atomic mass is 16.3. The van der Waals surface area contributed by atoms with Crippen molar-refractivity contribution in [1.29, 1.82) is 0 Å². The van der Waals surface area contributed by atoms with Crippen molar-refractivity contribution in [2.24, 2.45) is 0 Å². The van der Waals surface area contributed by atoms with Crippen molar-refractivity contribution in [3.8, 4) is 11.4 Å². The van der Waals surface area contributed by atoms with E-state index in [-0.39, 0.29) is 18.5 Å². The van der Waals surface area contributed by atoms with E-state index in [2.05, 4.69) is 207 Å². The van der Waals surface area contributed by atoms with Gasteiger partial charge in [0, 0.05) is 38.3 Å². The fraction of sp³-hybridized carbons (Fsp3) is 0.0588. The Hall–Kier alpha value is -6.96. The molecule has 6 nitrogen and oxygen atoms in total. The number of para-hydroxylation sites is 3. The summed E-state index contributed by atoms with van der Waals surface area (Å²) in [5, 5.41) is 18.7. The summed E-state index contributed by atoms with van der Waals surface area (Å²) >= 11 is 0. The SMILES string of the molecule is c1ccc(C2NC(c3ccccc3)NC(c3cccc(-n4c5cc6c7ccccc7n(-c7ccccc7)c6cc5c5ccc6oc7ccccc7c6c54)c3)N2)cc1. The second-order valence-electron chi connectivity index (χ2n) is 15.1. The summed E-state index contributed by atoms with van der Waals surface area (Å²) in [6.45, 7) is 0. The summed E-state index contributed by atoms with van der Waals surface area (Å²) in [6.07, 6.45) is -0.265. The molecule has 1 aliphatic rings. The van der Waals surface area contributed by atoms with Gasteiger partial charge in [0.05, 0.1) is 46.0 Å². The maximum Gasteiger partial charge on any atom is 0.137 e. The number of aromatic nitrogens is 2. The Bertz CT molecular complexity index is 3240. The second-order valence-corrected chi connectivity index (χ2v) is 15.1. The number of nitrogens with one attached hydrogen (secondary N) is 3. The van der Waals surface area contributed by atoms with Crippen LogP contribution in [0.15, 0.2) is 192 Å². The van der Waals surface area contributed by atoms with E-state index in [1.54, 1.807) is 0 Å². The van der Waals surface area contributed by atoms with E-state index >= 15 is 0 Å². The fourth-order valence-electron chi connectivity index (χ4n) is 9.25. The van der Waals surface area contributed by atoms with Crippen molar-refractivity contribution < 1.29 is 4.42 Å². The Labute approximate surface area is 328 Å². The maximum atomic E-state index is 6.53. The first-order chi connectivity index (χ1) is 28.3. The van der Waals surface area contributed by atoms with E-state index in [0.717, 1.165) is 49.9 Å². The second kappa shape index (κ2) is 12.8. The minimum Gasteiger partial charge on any atom is -0.456 e. The van der Waals surface area contributed by atoms with Gasteiger partial charge in [-0.1, -0.05) is 127 Å². The van der Waals surface area contributed by atoms with Crippen molar-refractivity contribution in [1.82, 2.24) is 25.1 Å². The van der Waals surface area contributed by atoms with Gasteiger partial charge in [0.25, 0.3) is 0 Å². The lowest BCUT2D eigenvalue weighted by Gasteiger charge is -2.39. The Morgan fingerprint density at radius 2 is 0.895 bits per heavy atom. The lowest BCUT2D eigenvalue weighted by Crippen LogP contribution is -2.54. The van der Waals surface area contributed by atoms with Crippen molar-refractivity contribution >= 4 is 65.6 Å². The molecule has 2 atom stereocenters. The van der Waals surface area contributed by atoms with Crippen LogP contribution in [-0.4, -0.2) is 9.13 Å². The maximum absolute atomic E-state index is 6.53. The van der Waals surface area contributed by atoms with Gasteiger partial charge < -0.3 is 13.6 Å². The molecule has 0 bridgehead atoms. The average Bonchev–Trinajstić information content (AvgIpc) is 3.93. The minimum atomic E-state index is -0.139. The molecule has 4 heterocycles. The molecule has 272 valence electrons. The zero-order valence-electron chi connectivity index (χ0n) is 30.9. The molecule has 8 aromatic carbocycles. The number of hydrogen-bond donors (Lipinski definition) is 3. The highest BCUT2D eigenvalue weighted by molar-refractivity contribution is 6.26. The van der Waals surface area contributed by atoms with Crippen LogP contribution >= 0.6 is 0 Å². The van der Waals surface area contributed by atoms with Crippen LogP contribution in [0.2, 0.25) is 0 Å². The van der Waals surface area contributed by atoms with Crippen LogP contribution in [0.1, 0.15) is 35.2 Å². The molecule has 11 aromatic rings. The lowest BCUT2D eigenvalue weighted by molar-refractivity contribution is 0.203. The van der Waals surface area contributed by atoms with Crippen LogP contribution in [0, 0.1) is 0 Å². The van der Waals surface area contributed by atoms with Crippen molar-refractivity contribution in [2.45, 2.75) is 18.5 Å². The molecule has 2 unspecified atom stereocenters. The number of nitrogens with zero attached hydrogens (tertiary/aromatic N) is 2. The highest BCUT2D eigenvalue weighted by Crippen LogP contribution is 2.44. The van der Waals surface area contributed by atoms with Crippen LogP contribution in [-0.2, 0) is 0 Å². The number of benzene rings is 8. The predicted molar refractivity (Wildman–Crippen MR) is 233 cm³/mol. The van der Waals surface area contributed by atoms with Gasteiger partial charge >= 0.3 is 0 Å². The van der Waals surface area contributed by atoms with Crippen LogP contribution in [0.4, 0.5) is 0 Å². The standard InChI is InChI=1S/C51H37N5O/c1-4-15-32(16-5-1)49-52-50(33-17-6-2-7-18-33)54-51(53-49)34-19-14-22-36(29-34)56-44-30-40-37-23-10-12-25-42(37)55(35-20-8-3-9-21-35)43(40)31-41(44)38-27-28-46-47(48(38)56)39-24-11-13-26-45(39)57-46/h1-31,49-54H. The Morgan fingerprint density at radius 1 is 0.351 bits per heavy atom. The van der Waals surface area contributed by atoms with Gasteiger partial charge in [0.15, 0.2) is 0 Å². The molecule has 12 rings (SSSR count). The summed E-state index contributed by atoms with van der Waals surface area (Å²) in [7, 11) is 0. The van der Waals surface area contributed by atoms with E-state index < -0.39 is 0 Å². The smallest absolute Gasteiger partial charge is 0.137 e. The van der Waals surface area contributed by atoms with E-state index in [4.69, 9.17) is 4.42 Å². The average molecular weight is 736 g/mol. The van der Waals surface area contributed by atoms with Crippen LogP contribution in [0.3, 0.4) is 0 Å². The molecular formula is C51H37N5O. The van der Waals surface area contributed by atoms with Gasteiger partial charge in [-0.15, -0.1) is 0 Å². The molecule has 0 saturated carbocycles. The van der Waals surface area contributed by atoms with E-state index in [9.17, 15) is 0 Å². The molecule has 3 N–H and O–H groups in total. The molecule has 0 amide bonds. The number of fused-ring (bicyclic) bond motifs is 10. The Morgan fingerprint density at radius 3 is 1.61 bits per heavy atom. The van der Waals surface area contributed by atoms with E-state index in [1.807, 2.05) is 6.07 Å². The van der Waals surface area contributed by atoms with Crippen LogP contribution in [0.5, 0.6) is 0 Å². The molecule has 1 saturated heterocycles. The molecule has 0 spiro atoms. The Kier molecular flexibility index (Phi) is 7.25. The zero-order chi connectivity index (χ0) is 37.5. The number of rotatable bonds is 5. The fourth-order valence-corrected chi connectivity index (χ4v) is 9.25. The van der Waals surface area contributed by atoms with Crippen molar-refractivity contribution in [3.05, 3.63) is 205 Å². The molecule has 0 aliphatic carbocycles. The molecule has 3 aromatic heterocycles. The topological polar surface area (TPSA) is 59.1 Å². The van der Waals surface area contributed by atoms with Gasteiger partial charge in [-0.05, 0) is 77.4 Å². The largest absolute Gasteiger partial charge is 0.456 e. The van der Waals surface area contributed by atoms with E-state index in [1.165, 1.54) is 43.7 Å². The van der Waals surface area contributed by atoms with Crippen molar-refractivity contribution in [2.75, 3.05) is 0 Å². The number of hydrogen-bond acceptors (Lipinski definition) is 4. The van der Waals surface area contributed by atoms with E-state index in [0.29, 0.717) is 0 Å². The predicted octanol–water partition coefficient (Wildman–Crippen LogP) is 12.0. The third-order valence-electron chi connectivity index (χ3n) is 11.8. The summed E-state index contributed by atoms with van der Waals surface area (Å²) in [5.41, 5.74) is 12.2. The van der Waals surface area contributed by atoms with Gasteiger partial charge in [-0.2, -0.15) is 0 Å². The molecule has 57 heavy (non-hydrogen) atoms. The molecule has 0 radical (unpaired) electrons. The van der Waals surface area contributed by atoms with Gasteiger partial charge in [-0.3, -0.25) is 16.0 Å². The number of furan rings is 1. The van der Waals surface area contributed by atoms with Crippen molar-refractivity contribution in [3.63, 3.8) is 0 Å². The van der Waals surface area contributed by atoms with Gasteiger partial charge in [0.2, 0.25) is 0 Å². The van der Waals surface area contributed by atoms with Crippen LogP contribution in [0.25, 0.3) is 76.9 Å². The lowest BCUT2D eigenvalue weighted by atomic mass is 10.0. The van der Waals surface area contributed by atoms with Gasteiger partial charge in [0.1, 0.15) is 11.2 Å². The minimum absolute atomic E-state index is 0.0633. The first-order valence-corrected chi connectivity index (χ1v) is 19.6. The highest BCUT2D eigenvalue weighted by Gasteiger charge is 2.30. The molecule has 1 aliphatic heterocycles. The monoisotopic (exact) mass is 735 g/mol. The molecule has 6 heteroatoms. The van der Waals surface area contributed by atoms with Gasteiger partial charge in [-0.25, -0.2) is 0 Å². The molecule has 1 fully saturated rings. The van der Waals surface area contributed by atoms with Crippen LogP contribution < -0.4 is 16.0 Å². The molecular weight excluding hydrogens is 699 g/mol. The summed E-state index contributed by atoms with van der Waals surface area (Å²) in [4.78, 5) is 0. The summed E-state index contributed by atoms with van der Waals surface area (Å²) in [6, 6.07) is 67.3. The zero-order valence-corrected chi connectivity index (χ0v) is 30.9. The first-order valence-electron chi connectivity index (χ1n) is 19.6. The first kappa shape index (κ1) is 32.3. The third kappa shape index (κ3) is 5.09. The Balaban J connectivity index is 1.12. The normalized spacial score (nSPS) is 17.4. The quantitative estimate of drug-likeness (QED) is 0.165. The third-order valence-corrected chi connectivity index (χ3v) is 11.8. The summed E-state index contributed by atoms with van der Waals surface area (Å²) in [5.74, 6) is 0. The summed E-state index contributed by atoms with van der Waals surface area (Å²) < 4.78 is 11.4.